The first kappa shape index (κ1) is 13.4. The van der Waals surface area contributed by atoms with Gasteiger partial charge in [0, 0.05) is 0 Å². The number of hydrogen-bond acceptors (Lipinski definition) is 0. The van der Waals surface area contributed by atoms with E-state index in [1.165, 1.54) is 51.4 Å². The molecule has 2 rings (SSSR count). The molecule has 0 saturated heterocycles. The van der Waals surface area contributed by atoms with Crippen LogP contribution in [0.5, 0.6) is 0 Å². The third-order valence-corrected chi connectivity index (χ3v) is 5.37. The standard InChI is InChI=1S/C17H32/c1-4-7-16-10-15(3)12-17(13-16)9-6-5-8-14(2)11-17/h14-16H,4-13H2,1-3H3. The molecule has 4 atom stereocenters. The highest BCUT2D eigenvalue weighted by molar-refractivity contribution is 4.91. The molecular weight excluding hydrogens is 204 g/mol. The first-order valence-corrected chi connectivity index (χ1v) is 8.13. The Morgan fingerprint density at radius 2 is 1.76 bits per heavy atom. The lowest BCUT2D eigenvalue weighted by Crippen LogP contribution is -2.33. The van der Waals surface area contributed by atoms with Gasteiger partial charge in [-0.15, -0.1) is 0 Å². The Bertz CT molecular complexity index is 232. The molecule has 0 aromatic carbocycles. The van der Waals surface area contributed by atoms with Gasteiger partial charge in [-0.05, 0) is 55.3 Å². The van der Waals surface area contributed by atoms with Gasteiger partial charge < -0.3 is 0 Å². The Balaban J connectivity index is 2.05. The third kappa shape index (κ3) is 3.48. The summed E-state index contributed by atoms with van der Waals surface area (Å²) in [6, 6.07) is 0. The molecule has 0 nitrogen and oxygen atoms in total. The summed E-state index contributed by atoms with van der Waals surface area (Å²) in [6.45, 7) is 7.38. The molecule has 0 aromatic rings. The number of rotatable bonds is 2. The van der Waals surface area contributed by atoms with Crippen molar-refractivity contribution in [2.45, 2.75) is 85.0 Å². The SMILES string of the molecule is CCCC1CC(C)CC2(CCCCC(C)C2)C1. The van der Waals surface area contributed by atoms with Crippen molar-refractivity contribution in [1.82, 2.24) is 0 Å². The number of hydrogen-bond donors (Lipinski definition) is 0. The summed E-state index contributed by atoms with van der Waals surface area (Å²) >= 11 is 0. The van der Waals surface area contributed by atoms with E-state index in [1.54, 1.807) is 12.8 Å². The molecule has 0 amide bonds. The van der Waals surface area contributed by atoms with E-state index < -0.39 is 0 Å². The molecule has 0 aromatic heterocycles. The van der Waals surface area contributed by atoms with Gasteiger partial charge in [-0.3, -0.25) is 0 Å². The first-order chi connectivity index (χ1) is 8.13. The summed E-state index contributed by atoms with van der Waals surface area (Å²) in [5.41, 5.74) is 0.757. The largest absolute Gasteiger partial charge is 0.0654 e. The van der Waals surface area contributed by atoms with Gasteiger partial charge in [0.15, 0.2) is 0 Å². The van der Waals surface area contributed by atoms with E-state index in [2.05, 4.69) is 20.8 Å². The van der Waals surface area contributed by atoms with Gasteiger partial charge in [0.2, 0.25) is 0 Å². The van der Waals surface area contributed by atoms with Crippen LogP contribution in [0, 0.1) is 23.2 Å². The Hall–Kier alpha value is 0. The van der Waals surface area contributed by atoms with Gasteiger partial charge >= 0.3 is 0 Å². The van der Waals surface area contributed by atoms with Crippen LogP contribution in [0.2, 0.25) is 0 Å². The third-order valence-electron chi connectivity index (χ3n) is 5.37. The van der Waals surface area contributed by atoms with Crippen LogP contribution in [0.1, 0.15) is 85.0 Å². The van der Waals surface area contributed by atoms with Crippen LogP contribution in [0.15, 0.2) is 0 Å². The summed E-state index contributed by atoms with van der Waals surface area (Å²) in [5.74, 6) is 3.03. The quantitative estimate of drug-likeness (QED) is 0.567. The molecule has 4 unspecified atom stereocenters. The van der Waals surface area contributed by atoms with Crippen molar-refractivity contribution in [2.75, 3.05) is 0 Å². The minimum Gasteiger partial charge on any atom is -0.0654 e. The van der Waals surface area contributed by atoms with Crippen LogP contribution in [0.3, 0.4) is 0 Å². The van der Waals surface area contributed by atoms with Crippen molar-refractivity contribution < 1.29 is 0 Å². The summed E-state index contributed by atoms with van der Waals surface area (Å²) < 4.78 is 0. The van der Waals surface area contributed by atoms with E-state index in [4.69, 9.17) is 0 Å². The monoisotopic (exact) mass is 236 g/mol. The zero-order valence-electron chi connectivity index (χ0n) is 12.3. The Morgan fingerprint density at radius 3 is 2.53 bits per heavy atom. The predicted octanol–water partition coefficient (Wildman–Crippen LogP) is 5.81. The molecule has 2 saturated carbocycles. The maximum Gasteiger partial charge on any atom is -0.0290 e. The maximum absolute atomic E-state index is 2.51. The molecule has 100 valence electrons. The van der Waals surface area contributed by atoms with Gasteiger partial charge in [0.25, 0.3) is 0 Å². The van der Waals surface area contributed by atoms with E-state index in [-0.39, 0.29) is 0 Å². The molecule has 0 bridgehead atoms. The van der Waals surface area contributed by atoms with Crippen molar-refractivity contribution in [3.8, 4) is 0 Å². The highest BCUT2D eigenvalue weighted by Crippen LogP contribution is 2.52. The zero-order chi connectivity index (χ0) is 12.3. The van der Waals surface area contributed by atoms with Crippen molar-refractivity contribution in [3.63, 3.8) is 0 Å². The lowest BCUT2D eigenvalue weighted by molar-refractivity contribution is 0.0652. The highest BCUT2D eigenvalue weighted by atomic mass is 14.4. The molecule has 1 spiro atoms. The molecule has 0 radical (unpaired) electrons. The Kier molecular flexibility index (Phi) is 4.55. The van der Waals surface area contributed by atoms with Crippen LogP contribution < -0.4 is 0 Å². The fraction of sp³-hybridized carbons (Fsp3) is 1.00. The van der Waals surface area contributed by atoms with E-state index in [0.717, 1.165) is 23.2 Å². The first-order valence-electron chi connectivity index (χ1n) is 8.13. The van der Waals surface area contributed by atoms with Gasteiger partial charge in [-0.1, -0.05) is 52.9 Å². The summed E-state index contributed by atoms with van der Waals surface area (Å²) in [4.78, 5) is 0. The molecular formula is C17H32. The average molecular weight is 236 g/mol. The molecule has 17 heavy (non-hydrogen) atoms. The van der Waals surface area contributed by atoms with Crippen molar-refractivity contribution in [3.05, 3.63) is 0 Å². The second-order valence-corrected chi connectivity index (χ2v) is 7.46. The van der Waals surface area contributed by atoms with E-state index >= 15 is 0 Å². The molecule has 2 aliphatic carbocycles. The second-order valence-electron chi connectivity index (χ2n) is 7.46. The molecule has 2 fully saturated rings. The van der Waals surface area contributed by atoms with E-state index in [9.17, 15) is 0 Å². The molecule has 0 heteroatoms. The normalized spacial score (nSPS) is 43.6. The minimum absolute atomic E-state index is 0.757. The second kappa shape index (κ2) is 5.76. The summed E-state index contributed by atoms with van der Waals surface area (Å²) in [5, 5.41) is 0. The molecule has 0 N–H and O–H groups in total. The zero-order valence-corrected chi connectivity index (χ0v) is 12.3. The van der Waals surface area contributed by atoms with E-state index in [0.29, 0.717) is 0 Å². The lowest BCUT2D eigenvalue weighted by atomic mass is 9.61. The summed E-state index contributed by atoms with van der Waals surface area (Å²) in [7, 11) is 0. The van der Waals surface area contributed by atoms with Crippen LogP contribution in [0.25, 0.3) is 0 Å². The summed E-state index contributed by atoms with van der Waals surface area (Å²) in [6.07, 6.45) is 15.1. The fourth-order valence-corrected chi connectivity index (χ4v) is 5.11. The average Bonchev–Trinajstić information content (AvgIpc) is 2.39. The molecule has 2 aliphatic rings. The fourth-order valence-electron chi connectivity index (χ4n) is 5.11. The Morgan fingerprint density at radius 1 is 1.00 bits per heavy atom. The van der Waals surface area contributed by atoms with Gasteiger partial charge in [-0.25, -0.2) is 0 Å². The minimum atomic E-state index is 0.757. The van der Waals surface area contributed by atoms with Gasteiger partial charge in [-0.2, -0.15) is 0 Å². The maximum atomic E-state index is 2.51. The van der Waals surface area contributed by atoms with Gasteiger partial charge in [0.05, 0.1) is 0 Å². The van der Waals surface area contributed by atoms with Crippen LogP contribution in [0.4, 0.5) is 0 Å². The predicted molar refractivity (Wildman–Crippen MR) is 76.1 cm³/mol. The molecule has 0 aliphatic heterocycles. The molecule has 0 heterocycles. The Labute approximate surface area is 109 Å². The highest BCUT2D eigenvalue weighted by Gasteiger charge is 2.40. The lowest BCUT2D eigenvalue weighted by Gasteiger charge is -2.45. The van der Waals surface area contributed by atoms with Crippen molar-refractivity contribution in [1.29, 1.82) is 0 Å². The van der Waals surface area contributed by atoms with Gasteiger partial charge in [0.1, 0.15) is 0 Å². The van der Waals surface area contributed by atoms with Crippen LogP contribution in [-0.2, 0) is 0 Å². The van der Waals surface area contributed by atoms with E-state index in [1.807, 2.05) is 0 Å². The topological polar surface area (TPSA) is 0 Å². The van der Waals surface area contributed by atoms with Crippen molar-refractivity contribution in [2.24, 2.45) is 23.2 Å². The van der Waals surface area contributed by atoms with Crippen LogP contribution in [-0.4, -0.2) is 0 Å². The van der Waals surface area contributed by atoms with Crippen LogP contribution >= 0.6 is 0 Å². The smallest absolute Gasteiger partial charge is 0.0290 e. The van der Waals surface area contributed by atoms with Crippen molar-refractivity contribution >= 4 is 0 Å².